The van der Waals surface area contributed by atoms with Crippen LogP contribution in [0.2, 0.25) is 0 Å². The minimum atomic E-state index is -0.0873. The Labute approximate surface area is 121 Å². The Morgan fingerprint density at radius 3 is 2.65 bits per heavy atom. The number of nitrogen functional groups attached to an aromatic ring is 1. The number of rotatable bonds is 2. The average molecular weight is 278 g/mol. The predicted molar refractivity (Wildman–Crippen MR) is 80.5 cm³/mol. The largest absolute Gasteiger partial charge is 0.384 e. The third kappa shape index (κ3) is 3.46. The van der Waals surface area contributed by atoms with Gasteiger partial charge in [-0.2, -0.15) is 0 Å². The summed E-state index contributed by atoms with van der Waals surface area (Å²) in [7, 11) is 0. The first kappa shape index (κ1) is 15.2. The molecule has 20 heavy (non-hydrogen) atoms. The number of hydrogen-bond donors (Lipinski definition) is 1. The smallest absolute Gasteiger partial charge is 0.161 e. The van der Waals surface area contributed by atoms with Gasteiger partial charge in [-0.05, 0) is 13.8 Å². The average Bonchev–Trinajstić information content (AvgIpc) is 2.37. The minimum absolute atomic E-state index is 0.0434. The first-order chi connectivity index (χ1) is 9.27. The second kappa shape index (κ2) is 5.66. The summed E-state index contributed by atoms with van der Waals surface area (Å²) in [6, 6.07) is 2.36. The predicted octanol–water partition coefficient (Wildman–Crippen LogP) is 2.14. The Bertz CT molecular complexity index is 467. The lowest BCUT2D eigenvalue weighted by Crippen LogP contribution is -2.42. The molecule has 1 atom stereocenters. The van der Waals surface area contributed by atoms with E-state index in [1.807, 2.05) is 6.07 Å². The Morgan fingerprint density at radius 1 is 1.35 bits per heavy atom. The molecule has 1 aliphatic rings. The van der Waals surface area contributed by atoms with Crippen LogP contribution >= 0.6 is 0 Å². The molecule has 1 saturated heterocycles. The maximum Gasteiger partial charge on any atom is 0.161 e. The Hall–Kier alpha value is -1.20. The van der Waals surface area contributed by atoms with E-state index < -0.39 is 0 Å². The molecule has 1 aromatic rings. The van der Waals surface area contributed by atoms with Crippen molar-refractivity contribution >= 4 is 5.82 Å². The van der Waals surface area contributed by atoms with Crippen LogP contribution in [-0.4, -0.2) is 40.6 Å². The lowest BCUT2D eigenvalue weighted by Gasteiger charge is -2.35. The summed E-state index contributed by atoms with van der Waals surface area (Å²) in [6.07, 6.45) is -0.0873. The number of nitrogens with two attached hydrogens (primary N) is 1. The normalized spacial score (nSPS) is 21.4. The van der Waals surface area contributed by atoms with Gasteiger partial charge < -0.3 is 10.5 Å². The van der Waals surface area contributed by atoms with Crippen LogP contribution in [0.3, 0.4) is 0 Å². The van der Waals surface area contributed by atoms with Crippen LogP contribution in [0.25, 0.3) is 0 Å². The zero-order valence-corrected chi connectivity index (χ0v) is 13.2. The number of ether oxygens (including phenoxy) is 1. The zero-order valence-electron chi connectivity index (χ0n) is 13.2. The van der Waals surface area contributed by atoms with Gasteiger partial charge in [0.25, 0.3) is 0 Å². The van der Waals surface area contributed by atoms with Crippen LogP contribution in [0.1, 0.15) is 52.2 Å². The topological polar surface area (TPSA) is 64.3 Å². The molecule has 5 heteroatoms. The van der Waals surface area contributed by atoms with Crippen molar-refractivity contribution in [3.05, 3.63) is 17.6 Å². The molecule has 0 saturated carbocycles. The highest BCUT2D eigenvalue weighted by Gasteiger charge is 2.27. The molecule has 0 spiro atoms. The highest BCUT2D eigenvalue weighted by atomic mass is 16.5. The fourth-order valence-corrected chi connectivity index (χ4v) is 2.31. The van der Waals surface area contributed by atoms with Crippen molar-refractivity contribution in [2.75, 3.05) is 25.4 Å². The van der Waals surface area contributed by atoms with E-state index >= 15 is 0 Å². The molecule has 0 bridgehead atoms. The van der Waals surface area contributed by atoms with Gasteiger partial charge in [-0.25, -0.2) is 9.97 Å². The van der Waals surface area contributed by atoms with Gasteiger partial charge in [0.05, 0.1) is 12.3 Å². The summed E-state index contributed by atoms with van der Waals surface area (Å²) in [5.41, 5.74) is 6.86. The van der Waals surface area contributed by atoms with Gasteiger partial charge in [0, 0.05) is 30.6 Å². The van der Waals surface area contributed by atoms with Gasteiger partial charge in [0.15, 0.2) is 5.82 Å². The third-order valence-electron chi connectivity index (χ3n) is 3.65. The molecular weight excluding hydrogens is 252 g/mol. The maximum absolute atomic E-state index is 5.94. The van der Waals surface area contributed by atoms with Crippen LogP contribution in [-0.2, 0) is 10.2 Å². The van der Waals surface area contributed by atoms with Crippen LogP contribution < -0.4 is 5.73 Å². The minimum Gasteiger partial charge on any atom is -0.384 e. The molecule has 1 aromatic heterocycles. The lowest BCUT2D eigenvalue weighted by atomic mass is 9.92. The summed E-state index contributed by atoms with van der Waals surface area (Å²) in [5, 5.41) is 0. The van der Waals surface area contributed by atoms with Crippen molar-refractivity contribution < 1.29 is 4.74 Å². The number of morpholine rings is 1. The summed E-state index contributed by atoms with van der Waals surface area (Å²) < 4.78 is 5.84. The standard InChI is InChI=1S/C15H26N4O/c1-10(2)19-6-7-20-11(9-19)14-17-12(15(3,4)5)8-13(16)18-14/h8,10-11H,6-7,9H2,1-5H3,(H2,16,17,18). The molecule has 2 rings (SSSR count). The monoisotopic (exact) mass is 278 g/mol. The van der Waals surface area contributed by atoms with Gasteiger partial charge >= 0.3 is 0 Å². The van der Waals surface area contributed by atoms with Crippen LogP contribution in [0.5, 0.6) is 0 Å². The van der Waals surface area contributed by atoms with E-state index in [4.69, 9.17) is 10.5 Å². The van der Waals surface area contributed by atoms with Gasteiger partial charge in [-0.15, -0.1) is 0 Å². The quantitative estimate of drug-likeness (QED) is 0.898. The molecule has 0 aliphatic carbocycles. The van der Waals surface area contributed by atoms with Crippen molar-refractivity contribution in [1.82, 2.24) is 14.9 Å². The number of hydrogen-bond acceptors (Lipinski definition) is 5. The summed E-state index contributed by atoms with van der Waals surface area (Å²) in [5.74, 6) is 1.23. The fourth-order valence-electron chi connectivity index (χ4n) is 2.31. The number of nitrogens with zero attached hydrogens (tertiary/aromatic N) is 3. The molecule has 2 N–H and O–H groups in total. The molecule has 1 aliphatic heterocycles. The van der Waals surface area contributed by atoms with Crippen molar-refractivity contribution in [2.24, 2.45) is 0 Å². The second-order valence-electron chi connectivity index (χ2n) is 6.73. The first-order valence-electron chi connectivity index (χ1n) is 7.28. The van der Waals surface area contributed by atoms with E-state index in [2.05, 4.69) is 49.5 Å². The van der Waals surface area contributed by atoms with E-state index in [0.717, 1.165) is 18.8 Å². The molecule has 0 aromatic carbocycles. The van der Waals surface area contributed by atoms with Crippen LogP contribution in [0.15, 0.2) is 6.07 Å². The second-order valence-corrected chi connectivity index (χ2v) is 6.73. The first-order valence-corrected chi connectivity index (χ1v) is 7.28. The zero-order chi connectivity index (χ0) is 14.9. The molecular formula is C15H26N4O. The van der Waals surface area contributed by atoms with E-state index in [1.54, 1.807) is 0 Å². The molecule has 1 fully saturated rings. The molecule has 112 valence electrons. The number of aromatic nitrogens is 2. The van der Waals surface area contributed by atoms with Crippen molar-refractivity contribution in [3.8, 4) is 0 Å². The van der Waals surface area contributed by atoms with Crippen molar-refractivity contribution in [3.63, 3.8) is 0 Å². The van der Waals surface area contributed by atoms with E-state index in [0.29, 0.717) is 24.3 Å². The van der Waals surface area contributed by atoms with E-state index in [9.17, 15) is 0 Å². The highest BCUT2D eigenvalue weighted by Crippen LogP contribution is 2.26. The molecule has 1 unspecified atom stereocenters. The maximum atomic E-state index is 5.94. The molecule has 0 radical (unpaired) electrons. The fraction of sp³-hybridized carbons (Fsp3) is 0.733. The molecule has 2 heterocycles. The highest BCUT2D eigenvalue weighted by molar-refractivity contribution is 5.33. The van der Waals surface area contributed by atoms with Gasteiger partial charge in [-0.3, -0.25) is 4.90 Å². The van der Waals surface area contributed by atoms with Crippen LogP contribution in [0, 0.1) is 0 Å². The SMILES string of the molecule is CC(C)N1CCOC(c2nc(N)cc(C(C)(C)C)n2)C1. The molecule has 0 amide bonds. The van der Waals surface area contributed by atoms with Gasteiger partial charge in [-0.1, -0.05) is 20.8 Å². The Morgan fingerprint density at radius 2 is 2.05 bits per heavy atom. The van der Waals surface area contributed by atoms with Crippen LogP contribution in [0.4, 0.5) is 5.82 Å². The van der Waals surface area contributed by atoms with Gasteiger partial charge in [0.1, 0.15) is 11.9 Å². The van der Waals surface area contributed by atoms with Gasteiger partial charge in [0.2, 0.25) is 0 Å². The van der Waals surface area contributed by atoms with E-state index in [-0.39, 0.29) is 11.5 Å². The summed E-state index contributed by atoms with van der Waals surface area (Å²) in [4.78, 5) is 11.4. The lowest BCUT2D eigenvalue weighted by molar-refractivity contribution is -0.0443. The van der Waals surface area contributed by atoms with Crippen molar-refractivity contribution in [2.45, 2.75) is 52.2 Å². The summed E-state index contributed by atoms with van der Waals surface area (Å²) in [6.45, 7) is 13.3. The Kier molecular flexibility index (Phi) is 4.30. The third-order valence-corrected chi connectivity index (χ3v) is 3.65. The molecule has 5 nitrogen and oxygen atoms in total. The Balaban J connectivity index is 2.26. The number of anilines is 1. The summed E-state index contributed by atoms with van der Waals surface area (Å²) >= 11 is 0. The van der Waals surface area contributed by atoms with E-state index in [1.165, 1.54) is 0 Å². The van der Waals surface area contributed by atoms with Crippen molar-refractivity contribution in [1.29, 1.82) is 0 Å².